The van der Waals surface area contributed by atoms with Crippen molar-refractivity contribution in [2.75, 3.05) is 0 Å². The van der Waals surface area contributed by atoms with Gasteiger partial charge in [-0.05, 0) is 95.6 Å². The van der Waals surface area contributed by atoms with Crippen molar-refractivity contribution in [3.8, 4) is 5.69 Å². The molecular weight excluding hydrogens is 400 g/mol. The molecule has 2 atom stereocenters. The third-order valence-electron chi connectivity index (χ3n) is 6.34. The van der Waals surface area contributed by atoms with E-state index in [-0.39, 0.29) is 18.1 Å². The van der Waals surface area contributed by atoms with Gasteiger partial charge in [-0.1, -0.05) is 23.8 Å². The van der Waals surface area contributed by atoms with Gasteiger partial charge in [-0.15, -0.1) is 0 Å². The Hall–Kier alpha value is -2.66. The topological polar surface area (TPSA) is 33.1 Å². The molecule has 4 nitrogen and oxygen atoms in total. The molecule has 0 aliphatic carbocycles. The van der Waals surface area contributed by atoms with Gasteiger partial charge in [0.25, 0.3) is 0 Å². The Morgan fingerprint density at radius 3 is 2.26 bits per heavy atom. The standard InChI is InChI=1S/C26H32N4S/c1-15(2)29-25(23(28-26(29)31)22-10-8-9-11-27-22)21-14-19(6)30(20(21)7)24-17(4)12-16(3)13-18(24)5/h8-15,23,25H,1-7H3,(H,28,31)/t23-,25-/m1/s1. The van der Waals surface area contributed by atoms with Gasteiger partial charge in [0.15, 0.2) is 5.11 Å². The van der Waals surface area contributed by atoms with E-state index in [2.05, 4.69) is 92.5 Å². The van der Waals surface area contributed by atoms with Gasteiger partial charge in [0, 0.05) is 23.6 Å². The van der Waals surface area contributed by atoms with Crippen LogP contribution >= 0.6 is 12.2 Å². The van der Waals surface area contributed by atoms with Gasteiger partial charge in [0.2, 0.25) is 0 Å². The number of nitrogens with one attached hydrogen (secondary N) is 1. The van der Waals surface area contributed by atoms with Crippen LogP contribution in [0, 0.1) is 34.6 Å². The van der Waals surface area contributed by atoms with Crippen molar-refractivity contribution in [1.29, 1.82) is 0 Å². The van der Waals surface area contributed by atoms with Crippen molar-refractivity contribution in [2.45, 2.75) is 66.6 Å². The number of rotatable bonds is 4. The van der Waals surface area contributed by atoms with E-state index in [0.717, 1.165) is 10.8 Å². The zero-order valence-electron chi connectivity index (χ0n) is 19.5. The Morgan fingerprint density at radius 1 is 1.00 bits per heavy atom. The number of benzene rings is 1. The van der Waals surface area contributed by atoms with Gasteiger partial charge in [-0.25, -0.2) is 0 Å². The maximum absolute atomic E-state index is 5.78. The molecule has 1 aromatic carbocycles. The van der Waals surface area contributed by atoms with Crippen molar-refractivity contribution in [3.63, 3.8) is 0 Å². The predicted molar refractivity (Wildman–Crippen MR) is 132 cm³/mol. The lowest BCUT2D eigenvalue weighted by molar-refractivity contribution is 0.269. The number of nitrogens with zero attached hydrogens (tertiary/aromatic N) is 3. The van der Waals surface area contributed by atoms with Crippen LogP contribution in [0.4, 0.5) is 0 Å². The molecule has 1 aliphatic rings. The normalized spacial score (nSPS) is 18.7. The van der Waals surface area contributed by atoms with Gasteiger partial charge in [0.05, 0.1) is 23.5 Å². The third-order valence-corrected chi connectivity index (χ3v) is 6.67. The van der Waals surface area contributed by atoms with Crippen LogP contribution in [0.2, 0.25) is 0 Å². The predicted octanol–water partition coefficient (Wildman–Crippen LogP) is 5.80. The number of thiocarbonyl (C=S) groups is 1. The highest BCUT2D eigenvalue weighted by molar-refractivity contribution is 7.80. The minimum atomic E-state index is 0.0188. The molecule has 162 valence electrons. The zero-order valence-corrected chi connectivity index (χ0v) is 20.3. The average molecular weight is 433 g/mol. The highest BCUT2D eigenvalue weighted by atomic mass is 32.1. The lowest BCUT2D eigenvalue weighted by Crippen LogP contribution is -2.35. The van der Waals surface area contributed by atoms with Crippen LogP contribution in [-0.4, -0.2) is 25.6 Å². The number of aromatic nitrogens is 2. The summed E-state index contributed by atoms with van der Waals surface area (Å²) in [4.78, 5) is 6.99. The summed E-state index contributed by atoms with van der Waals surface area (Å²) in [5, 5.41) is 4.36. The van der Waals surface area contributed by atoms with E-state index in [9.17, 15) is 0 Å². The molecule has 1 fully saturated rings. The summed E-state index contributed by atoms with van der Waals surface area (Å²) < 4.78 is 2.41. The molecule has 3 heterocycles. The van der Waals surface area contributed by atoms with Crippen LogP contribution in [0.25, 0.3) is 5.69 Å². The van der Waals surface area contributed by atoms with Crippen LogP contribution in [-0.2, 0) is 0 Å². The van der Waals surface area contributed by atoms with E-state index in [0.29, 0.717) is 0 Å². The Labute approximate surface area is 191 Å². The fraction of sp³-hybridized carbons (Fsp3) is 0.385. The summed E-state index contributed by atoms with van der Waals surface area (Å²) in [5.74, 6) is 0. The highest BCUT2D eigenvalue weighted by Crippen LogP contribution is 2.42. The first kappa shape index (κ1) is 21.6. The maximum Gasteiger partial charge on any atom is 0.170 e. The maximum atomic E-state index is 5.78. The van der Waals surface area contributed by atoms with Gasteiger partial charge < -0.3 is 14.8 Å². The first-order valence-corrected chi connectivity index (χ1v) is 11.4. The van der Waals surface area contributed by atoms with Crippen LogP contribution in [0.1, 0.15) is 65.3 Å². The van der Waals surface area contributed by atoms with E-state index in [1.54, 1.807) is 0 Å². The van der Waals surface area contributed by atoms with E-state index in [1.807, 2.05) is 18.3 Å². The number of hydrogen-bond acceptors (Lipinski definition) is 2. The molecule has 1 aliphatic heterocycles. The Balaban J connectivity index is 1.90. The van der Waals surface area contributed by atoms with Crippen LogP contribution in [0.15, 0.2) is 42.6 Å². The van der Waals surface area contributed by atoms with Crippen molar-refractivity contribution in [2.24, 2.45) is 0 Å². The minimum Gasteiger partial charge on any atom is -0.352 e. The largest absolute Gasteiger partial charge is 0.352 e. The van der Waals surface area contributed by atoms with Crippen LogP contribution < -0.4 is 5.32 Å². The third kappa shape index (κ3) is 3.65. The summed E-state index contributed by atoms with van der Waals surface area (Å²) >= 11 is 5.78. The second kappa shape index (κ2) is 8.12. The molecule has 0 unspecified atom stereocenters. The molecule has 3 aromatic rings. The van der Waals surface area contributed by atoms with E-state index >= 15 is 0 Å². The first-order chi connectivity index (χ1) is 14.7. The van der Waals surface area contributed by atoms with E-state index in [1.165, 1.54) is 39.3 Å². The zero-order chi connectivity index (χ0) is 22.4. The number of hydrogen-bond donors (Lipinski definition) is 1. The van der Waals surface area contributed by atoms with Crippen molar-refractivity contribution < 1.29 is 0 Å². The molecule has 0 radical (unpaired) electrons. The number of aryl methyl sites for hydroxylation is 4. The monoisotopic (exact) mass is 432 g/mol. The van der Waals surface area contributed by atoms with Crippen molar-refractivity contribution in [1.82, 2.24) is 19.8 Å². The van der Waals surface area contributed by atoms with Gasteiger partial charge >= 0.3 is 0 Å². The first-order valence-electron chi connectivity index (χ1n) is 11.0. The van der Waals surface area contributed by atoms with E-state index in [4.69, 9.17) is 12.2 Å². The van der Waals surface area contributed by atoms with Gasteiger partial charge in [-0.3, -0.25) is 4.98 Å². The Bertz CT molecular complexity index is 1110. The molecule has 4 rings (SSSR count). The van der Waals surface area contributed by atoms with Crippen LogP contribution in [0.5, 0.6) is 0 Å². The molecule has 2 aromatic heterocycles. The summed E-state index contributed by atoms with van der Waals surface area (Å²) in [6, 6.07) is 13.4. The molecule has 5 heteroatoms. The number of pyridine rings is 1. The summed E-state index contributed by atoms with van der Waals surface area (Å²) in [5.41, 5.74) is 10.00. The SMILES string of the molecule is Cc1cc(C)c(-n2c(C)cc([C@@H]3[C@@H](c4ccccn4)NC(=S)N3C(C)C)c2C)c(C)c1. The fourth-order valence-corrected chi connectivity index (χ4v) is 5.66. The molecular formula is C26H32N4S. The molecule has 1 saturated heterocycles. The average Bonchev–Trinajstić information content (AvgIpc) is 3.19. The Kier molecular flexibility index (Phi) is 5.65. The molecule has 0 bridgehead atoms. The lowest BCUT2D eigenvalue weighted by Gasteiger charge is -2.31. The second-order valence-corrected chi connectivity index (χ2v) is 9.42. The van der Waals surface area contributed by atoms with Crippen molar-refractivity contribution in [3.05, 3.63) is 81.9 Å². The summed E-state index contributed by atoms with van der Waals surface area (Å²) in [6.07, 6.45) is 1.86. The smallest absolute Gasteiger partial charge is 0.170 e. The Morgan fingerprint density at radius 2 is 1.68 bits per heavy atom. The van der Waals surface area contributed by atoms with Crippen molar-refractivity contribution >= 4 is 17.3 Å². The quantitative estimate of drug-likeness (QED) is 0.529. The summed E-state index contributed by atoms with van der Waals surface area (Å²) in [6.45, 7) is 15.4. The fourth-order valence-electron chi connectivity index (χ4n) is 5.21. The van der Waals surface area contributed by atoms with Gasteiger partial charge in [-0.2, -0.15) is 0 Å². The molecule has 1 N–H and O–H groups in total. The lowest BCUT2D eigenvalue weighted by atomic mass is 9.96. The van der Waals surface area contributed by atoms with Gasteiger partial charge in [0.1, 0.15) is 0 Å². The second-order valence-electron chi connectivity index (χ2n) is 9.04. The van der Waals surface area contributed by atoms with Crippen LogP contribution in [0.3, 0.4) is 0 Å². The van der Waals surface area contributed by atoms with E-state index < -0.39 is 0 Å². The molecule has 0 saturated carbocycles. The molecule has 31 heavy (non-hydrogen) atoms. The molecule has 0 amide bonds. The molecule has 0 spiro atoms. The highest BCUT2D eigenvalue weighted by Gasteiger charge is 2.42. The summed E-state index contributed by atoms with van der Waals surface area (Å²) in [7, 11) is 0. The minimum absolute atomic E-state index is 0.0188.